The summed E-state index contributed by atoms with van der Waals surface area (Å²) in [5, 5.41) is 4.08. The molecule has 1 saturated heterocycles. The van der Waals surface area contributed by atoms with Gasteiger partial charge < -0.3 is 10.2 Å². The Labute approximate surface area is 113 Å². The number of amides is 1. The lowest BCUT2D eigenvalue weighted by molar-refractivity contribution is -0.119. The van der Waals surface area contributed by atoms with Crippen molar-refractivity contribution in [2.45, 2.75) is 46.1 Å². The van der Waals surface area contributed by atoms with Gasteiger partial charge in [0.2, 0.25) is 5.91 Å². The third-order valence-electron chi connectivity index (χ3n) is 4.02. The van der Waals surface area contributed by atoms with Gasteiger partial charge in [-0.25, -0.2) is 0 Å². The highest BCUT2D eigenvalue weighted by molar-refractivity contribution is 9.09. The molecular formula is C13H25BrN2O. The maximum absolute atomic E-state index is 11.0. The van der Waals surface area contributed by atoms with Crippen LogP contribution in [0.4, 0.5) is 0 Å². The fraction of sp³-hybridized carbons (Fsp3) is 0.923. The van der Waals surface area contributed by atoms with Crippen LogP contribution in [0.3, 0.4) is 0 Å². The average Bonchev–Trinajstić information content (AvgIpc) is 2.72. The summed E-state index contributed by atoms with van der Waals surface area (Å²) in [6.45, 7) is 9.40. The van der Waals surface area contributed by atoms with E-state index < -0.39 is 0 Å². The molecule has 0 saturated carbocycles. The summed E-state index contributed by atoms with van der Waals surface area (Å²) in [4.78, 5) is 13.5. The fourth-order valence-corrected chi connectivity index (χ4v) is 3.53. The van der Waals surface area contributed by atoms with Gasteiger partial charge in [-0.15, -0.1) is 0 Å². The fourth-order valence-electron chi connectivity index (χ4n) is 2.56. The molecule has 0 aromatic heterocycles. The number of alkyl halides is 1. The largest absolute Gasteiger partial charge is 0.352 e. The molecule has 0 bridgehead atoms. The summed E-state index contributed by atoms with van der Waals surface area (Å²) < 4.78 is 0. The number of hydrogen-bond acceptors (Lipinski definition) is 2. The lowest BCUT2D eigenvalue weighted by atomic mass is 9.84. The van der Waals surface area contributed by atoms with Crippen molar-refractivity contribution in [3.63, 3.8) is 0 Å². The third-order valence-corrected chi connectivity index (χ3v) is 5.21. The molecule has 1 unspecified atom stereocenters. The smallest absolute Gasteiger partial charge is 0.217 e. The van der Waals surface area contributed by atoms with Gasteiger partial charge in [-0.1, -0.05) is 29.8 Å². The van der Waals surface area contributed by atoms with Crippen LogP contribution in [0.25, 0.3) is 0 Å². The number of hydrogen-bond donors (Lipinski definition) is 1. The van der Waals surface area contributed by atoms with Crippen molar-refractivity contribution < 1.29 is 4.79 Å². The van der Waals surface area contributed by atoms with E-state index in [-0.39, 0.29) is 5.91 Å². The molecule has 1 heterocycles. The number of carbonyl (C=O) groups excluding carboxylic acids is 1. The topological polar surface area (TPSA) is 32.3 Å². The van der Waals surface area contributed by atoms with Crippen LogP contribution in [0.5, 0.6) is 0 Å². The Morgan fingerprint density at radius 2 is 2.12 bits per heavy atom. The highest BCUT2D eigenvalue weighted by atomic mass is 79.9. The van der Waals surface area contributed by atoms with Crippen LogP contribution in [0.1, 0.15) is 40.0 Å². The molecular weight excluding hydrogens is 280 g/mol. The molecule has 4 heteroatoms. The van der Waals surface area contributed by atoms with Crippen LogP contribution in [0, 0.1) is 5.41 Å². The zero-order chi connectivity index (χ0) is 12.9. The van der Waals surface area contributed by atoms with Crippen molar-refractivity contribution in [2.24, 2.45) is 5.41 Å². The van der Waals surface area contributed by atoms with Gasteiger partial charge in [0.1, 0.15) is 0 Å². The van der Waals surface area contributed by atoms with Crippen molar-refractivity contribution in [2.75, 3.05) is 25.0 Å². The van der Waals surface area contributed by atoms with Crippen LogP contribution in [-0.2, 0) is 4.79 Å². The molecule has 0 spiro atoms. The molecule has 0 aromatic rings. The maximum Gasteiger partial charge on any atom is 0.217 e. The van der Waals surface area contributed by atoms with E-state index in [4.69, 9.17) is 0 Å². The van der Waals surface area contributed by atoms with Crippen LogP contribution in [0.15, 0.2) is 0 Å². The van der Waals surface area contributed by atoms with E-state index in [9.17, 15) is 4.79 Å². The highest BCUT2D eigenvalue weighted by Gasteiger charge is 2.31. The number of nitrogens with zero attached hydrogens (tertiary/aromatic N) is 1. The minimum absolute atomic E-state index is 0.0922. The first-order chi connectivity index (χ1) is 8.05. The molecule has 1 rings (SSSR count). The van der Waals surface area contributed by atoms with E-state index in [0.717, 1.165) is 31.4 Å². The van der Waals surface area contributed by atoms with Crippen molar-refractivity contribution in [1.82, 2.24) is 10.2 Å². The van der Waals surface area contributed by atoms with Gasteiger partial charge >= 0.3 is 0 Å². The zero-order valence-electron chi connectivity index (χ0n) is 11.3. The second kappa shape index (κ2) is 6.74. The molecule has 3 nitrogen and oxygen atoms in total. The van der Waals surface area contributed by atoms with E-state index >= 15 is 0 Å². The number of rotatable bonds is 6. The SMILES string of the molecule is CCC(CC)(CBr)CN1CCC(NC(C)=O)C1. The van der Waals surface area contributed by atoms with Crippen LogP contribution >= 0.6 is 15.9 Å². The normalized spacial score (nSPS) is 21.8. The number of carbonyl (C=O) groups is 1. The van der Waals surface area contributed by atoms with E-state index in [1.807, 2.05) is 0 Å². The maximum atomic E-state index is 11.0. The Bertz CT molecular complexity index is 246. The molecule has 1 atom stereocenters. The predicted molar refractivity (Wildman–Crippen MR) is 75.5 cm³/mol. The lowest BCUT2D eigenvalue weighted by Crippen LogP contribution is -2.40. The Morgan fingerprint density at radius 3 is 2.59 bits per heavy atom. The van der Waals surface area contributed by atoms with E-state index in [1.165, 1.54) is 12.8 Å². The standard InChI is InChI=1S/C13H25BrN2O/c1-4-13(5-2,9-14)10-16-7-6-12(8-16)15-11(3)17/h12H,4-10H2,1-3H3,(H,15,17). The molecule has 1 aliphatic rings. The first kappa shape index (κ1) is 15.0. The van der Waals surface area contributed by atoms with Crippen LogP contribution < -0.4 is 5.32 Å². The molecule has 17 heavy (non-hydrogen) atoms. The summed E-state index contributed by atoms with van der Waals surface area (Å²) in [7, 11) is 0. The Kier molecular flexibility index (Phi) is 5.93. The van der Waals surface area contributed by atoms with E-state index in [2.05, 4.69) is 40.0 Å². The quantitative estimate of drug-likeness (QED) is 0.764. The number of nitrogens with one attached hydrogen (secondary N) is 1. The highest BCUT2D eigenvalue weighted by Crippen LogP contribution is 2.31. The van der Waals surface area contributed by atoms with Gasteiger partial charge in [0, 0.05) is 37.9 Å². The number of likely N-dealkylation sites (tertiary alicyclic amines) is 1. The zero-order valence-corrected chi connectivity index (χ0v) is 12.8. The second-order valence-electron chi connectivity index (χ2n) is 5.26. The molecule has 1 fully saturated rings. The Balaban J connectivity index is 2.45. The van der Waals surface area contributed by atoms with E-state index in [1.54, 1.807) is 6.92 Å². The van der Waals surface area contributed by atoms with Crippen LogP contribution in [-0.4, -0.2) is 41.8 Å². The molecule has 0 aliphatic carbocycles. The molecule has 1 N–H and O–H groups in total. The van der Waals surface area contributed by atoms with Gasteiger partial charge in [-0.2, -0.15) is 0 Å². The molecule has 100 valence electrons. The molecule has 1 amide bonds. The van der Waals surface area contributed by atoms with Crippen molar-refractivity contribution in [3.05, 3.63) is 0 Å². The first-order valence-electron chi connectivity index (χ1n) is 6.60. The first-order valence-corrected chi connectivity index (χ1v) is 7.73. The van der Waals surface area contributed by atoms with Gasteiger partial charge in [0.15, 0.2) is 0 Å². The molecule has 1 aliphatic heterocycles. The third kappa shape index (κ3) is 4.25. The minimum Gasteiger partial charge on any atom is -0.352 e. The summed E-state index contributed by atoms with van der Waals surface area (Å²) in [5.74, 6) is 0.0922. The van der Waals surface area contributed by atoms with Crippen molar-refractivity contribution in [1.29, 1.82) is 0 Å². The van der Waals surface area contributed by atoms with Crippen LogP contribution in [0.2, 0.25) is 0 Å². The number of halogens is 1. The Morgan fingerprint density at radius 1 is 1.47 bits per heavy atom. The van der Waals surface area contributed by atoms with Gasteiger partial charge in [0.05, 0.1) is 0 Å². The lowest BCUT2D eigenvalue weighted by Gasteiger charge is -2.34. The monoisotopic (exact) mass is 304 g/mol. The summed E-state index contributed by atoms with van der Waals surface area (Å²) >= 11 is 3.66. The van der Waals surface area contributed by atoms with Gasteiger partial charge in [0.25, 0.3) is 0 Å². The summed E-state index contributed by atoms with van der Waals surface area (Å²) in [6, 6.07) is 0.356. The van der Waals surface area contributed by atoms with Gasteiger partial charge in [-0.3, -0.25) is 4.79 Å². The van der Waals surface area contributed by atoms with Crippen molar-refractivity contribution >= 4 is 21.8 Å². The molecule has 0 aromatic carbocycles. The predicted octanol–water partition coefficient (Wildman–Crippen LogP) is 2.40. The molecule has 0 radical (unpaired) electrons. The summed E-state index contributed by atoms with van der Waals surface area (Å²) in [5.41, 5.74) is 0.394. The van der Waals surface area contributed by atoms with Gasteiger partial charge in [-0.05, 0) is 24.7 Å². The second-order valence-corrected chi connectivity index (χ2v) is 5.82. The van der Waals surface area contributed by atoms with Crippen molar-refractivity contribution in [3.8, 4) is 0 Å². The van der Waals surface area contributed by atoms with E-state index in [0.29, 0.717) is 11.5 Å². The Hall–Kier alpha value is -0.0900. The minimum atomic E-state index is 0.0922. The summed E-state index contributed by atoms with van der Waals surface area (Å²) in [6.07, 6.45) is 3.50. The average molecular weight is 305 g/mol.